The Morgan fingerprint density at radius 3 is 2.47 bits per heavy atom. The van der Waals surface area contributed by atoms with Crippen LogP contribution in [0.15, 0.2) is 0 Å². The van der Waals surface area contributed by atoms with Gasteiger partial charge in [-0.25, -0.2) is 0 Å². The van der Waals surface area contributed by atoms with Crippen molar-refractivity contribution in [1.82, 2.24) is 10.2 Å². The van der Waals surface area contributed by atoms with Crippen LogP contribution in [0, 0.1) is 0 Å². The first-order chi connectivity index (χ1) is 7.24. The van der Waals surface area contributed by atoms with Crippen LogP contribution in [0.4, 0.5) is 0 Å². The van der Waals surface area contributed by atoms with E-state index in [1.54, 1.807) is 0 Å². The van der Waals surface area contributed by atoms with E-state index in [1.165, 1.54) is 19.3 Å². The van der Waals surface area contributed by atoms with Gasteiger partial charge >= 0.3 is 0 Å². The van der Waals surface area contributed by atoms with Crippen LogP contribution in [-0.4, -0.2) is 48.3 Å². The third-order valence-corrected chi connectivity index (χ3v) is 2.97. The SMILES string of the molecule is CC(C)N(CCCO)CCCNC1CC1. The Bertz CT molecular complexity index is 158. The summed E-state index contributed by atoms with van der Waals surface area (Å²) in [5.41, 5.74) is 0. The van der Waals surface area contributed by atoms with Crippen molar-refractivity contribution in [1.29, 1.82) is 0 Å². The third kappa shape index (κ3) is 6.13. The average molecular weight is 214 g/mol. The molecule has 15 heavy (non-hydrogen) atoms. The van der Waals surface area contributed by atoms with Crippen LogP contribution in [0.3, 0.4) is 0 Å². The molecule has 3 nitrogen and oxygen atoms in total. The molecule has 2 N–H and O–H groups in total. The highest BCUT2D eigenvalue weighted by molar-refractivity contribution is 4.80. The lowest BCUT2D eigenvalue weighted by molar-refractivity contribution is 0.189. The number of nitrogens with one attached hydrogen (secondary N) is 1. The number of hydrogen-bond donors (Lipinski definition) is 2. The number of nitrogens with zero attached hydrogens (tertiary/aromatic N) is 1. The lowest BCUT2D eigenvalue weighted by Gasteiger charge is -2.26. The Hall–Kier alpha value is -0.120. The molecule has 1 saturated carbocycles. The van der Waals surface area contributed by atoms with E-state index in [2.05, 4.69) is 24.1 Å². The summed E-state index contributed by atoms with van der Waals surface area (Å²) >= 11 is 0. The molecule has 0 aromatic rings. The van der Waals surface area contributed by atoms with Crippen molar-refractivity contribution in [2.75, 3.05) is 26.2 Å². The second kappa shape index (κ2) is 7.20. The third-order valence-electron chi connectivity index (χ3n) is 2.97. The van der Waals surface area contributed by atoms with Crippen molar-refractivity contribution < 1.29 is 5.11 Å². The minimum Gasteiger partial charge on any atom is -0.396 e. The molecule has 1 aliphatic rings. The maximum absolute atomic E-state index is 8.81. The average Bonchev–Trinajstić information content (AvgIpc) is 3.00. The normalized spacial score (nSPS) is 16.6. The summed E-state index contributed by atoms with van der Waals surface area (Å²) in [7, 11) is 0. The minimum atomic E-state index is 0.309. The van der Waals surface area contributed by atoms with Crippen LogP contribution in [0.2, 0.25) is 0 Å². The van der Waals surface area contributed by atoms with E-state index in [0.29, 0.717) is 12.6 Å². The van der Waals surface area contributed by atoms with Crippen LogP contribution in [0.5, 0.6) is 0 Å². The fourth-order valence-corrected chi connectivity index (χ4v) is 1.78. The first kappa shape index (κ1) is 12.9. The summed E-state index contributed by atoms with van der Waals surface area (Å²) in [5, 5.41) is 12.3. The van der Waals surface area contributed by atoms with E-state index in [1.807, 2.05) is 0 Å². The summed E-state index contributed by atoms with van der Waals surface area (Å²) in [6.45, 7) is 8.09. The molecular weight excluding hydrogens is 188 g/mol. The molecule has 0 aliphatic heterocycles. The molecule has 0 aromatic carbocycles. The monoisotopic (exact) mass is 214 g/mol. The standard InChI is InChI=1S/C12H26N2O/c1-11(2)14(9-4-10-15)8-3-7-13-12-5-6-12/h11-13,15H,3-10H2,1-2H3. The zero-order chi connectivity index (χ0) is 11.1. The van der Waals surface area contributed by atoms with Gasteiger partial charge in [0.25, 0.3) is 0 Å². The Balaban J connectivity index is 2.01. The van der Waals surface area contributed by atoms with E-state index in [4.69, 9.17) is 5.11 Å². The predicted octanol–water partition coefficient (Wildman–Crippen LogP) is 1.22. The second-order valence-electron chi connectivity index (χ2n) is 4.79. The Morgan fingerprint density at radius 1 is 1.27 bits per heavy atom. The largest absolute Gasteiger partial charge is 0.396 e. The van der Waals surface area contributed by atoms with Gasteiger partial charge in [-0.1, -0.05) is 0 Å². The Kier molecular flexibility index (Phi) is 6.22. The molecule has 1 fully saturated rings. The van der Waals surface area contributed by atoms with E-state index >= 15 is 0 Å². The molecule has 0 atom stereocenters. The first-order valence-corrected chi connectivity index (χ1v) is 6.32. The number of hydrogen-bond acceptors (Lipinski definition) is 3. The molecule has 0 saturated heterocycles. The van der Waals surface area contributed by atoms with Crippen molar-refractivity contribution in [2.24, 2.45) is 0 Å². The van der Waals surface area contributed by atoms with Gasteiger partial charge in [0.2, 0.25) is 0 Å². The zero-order valence-electron chi connectivity index (χ0n) is 10.2. The summed E-state index contributed by atoms with van der Waals surface area (Å²) in [6.07, 6.45) is 4.87. The molecule has 0 amide bonds. The lowest BCUT2D eigenvalue weighted by atomic mass is 10.2. The van der Waals surface area contributed by atoms with Gasteiger partial charge in [0.1, 0.15) is 0 Å². The van der Waals surface area contributed by atoms with Crippen molar-refractivity contribution in [2.45, 2.75) is 51.6 Å². The van der Waals surface area contributed by atoms with Crippen LogP contribution >= 0.6 is 0 Å². The highest BCUT2D eigenvalue weighted by Crippen LogP contribution is 2.18. The maximum Gasteiger partial charge on any atom is 0.0443 e. The predicted molar refractivity (Wildman–Crippen MR) is 64.1 cm³/mol. The number of rotatable bonds is 9. The van der Waals surface area contributed by atoms with Gasteiger partial charge in [-0.05, 0) is 52.6 Å². The summed E-state index contributed by atoms with van der Waals surface area (Å²) < 4.78 is 0. The van der Waals surface area contributed by atoms with Gasteiger partial charge in [0, 0.05) is 25.2 Å². The molecule has 1 rings (SSSR count). The van der Waals surface area contributed by atoms with Crippen LogP contribution in [0.25, 0.3) is 0 Å². The molecule has 0 unspecified atom stereocenters. The zero-order valence-corrected chi connectivity index (χ0v) is 10.2. The molecule has 0 heterocycles. The van der Waals surface area contributed by atoms with Crippen LogP contribution in [-0.2, 0) is 0 Å². The second-order valence-corrected chi connectivity index (χ2v) is 4.79. The molecule has 0 radical (unpaired) electrons. The smallest absolute Gasteiger partial charge is 0.0443 e. The Morgan fingerprint density at radius 2 is 1.93 bits per heavy atom. The van der Waals surface area contributed by atoms with Crippen molar-refractivity contribution in [3.63, 3.8) is 0 Å². The number of aliphatic hydroxyl groups excluding tert-OH is 1. The first-order valence-electron chi connectivity index (χ1n) is 6.32. The van der Waals surface area contributed by atoms with Gasteiger partial charge in [0.05, 0.1) is 0 Å². The highest BCUT2D eigenvalue weighted by atomic mass is 16.3. The topological polar surface area (TPSA) is 35.5 Å². The molecular formula is C12H26N2O. The van der Waals surface area contributed by atoms with Crippen molar-refractivity contribution >= 4 is 0 Å². The summed E-state index contributed by atoms with van der Waals surface area (Å²) in [5.74, 6) is 0. The summed E-state index contributed by atoms with van der Waals surface area (Å²) in [6, 6.07) is 1.42. The quantitative estimate of drug-likeness (QED) is 0.567. The molecule has 0 spiro atoms. The highest BCUT2D eigenvalue weighted by Gasteiger charge is 2.19. The van der Waals surface area contributed by atoms with Gasteiger partial charge in [-0.2, -0.15) is 0 Å². The van der Waals surface area contributed by atoms with Crippen molar-refractivity contribution in [3.8, 4) is 0 Å². The fourth-order valence-electron chi connectivity index (χ4n) is 1.78. The van der Waals surface area contributed by atoms with E-state index in [-0.39, 0.29) is 0 Å². The lowest BCUT2D eigenvalue weighted by Crippen LogP contribution is -2.34. The molecule has 3 heteroatoms. The summed E-state index contributed by atoms with van der Waals surface area (Å²) in [4.78, 5) is 2.45. The van der Waals surface area contributed by atoms with Crippen molar-refractivity contribution in [3.05, 3.63) is 0 Å². The van der Waals surface area contributed by atoms with Gasteiger partial charge in [0.15, 0.2) is 0 Å². The molecule has 0 bridgehead atoms. The van der Waals surface area contributed by atoms with Gasteiger partial charge in [-0.15, -0.1) is 0 Å². The van der Waals surface area contributed by atoms with E-state index < -0.39 is 0 Å². The molecule has 0 aromatic heterocycles. The maximum atomic E-state index is 8.81. The van der Waals surface area contributed by atoms with E-state index in [9.17, 15) is 0 Å². The Labute approximate surface area is 93.9 Å². The number of aliphatic hydroxyl groups is 1. The van der Waals surface area contributed by atoms with E-state index in [0.717, 1.165) is 32.1 Å². The van der Waals surface area contributed by atoms with Crippen LogP contribution < -0.4 is 5.32 Å². The molecule has 90 valence electrons. The molecule has 1 aliphatic carbocycles. The minimum absolute atomic E-state index is 0.309. The fraction of sp³-hybridized carbons (Fsp3) is 1.00. The van der Waals surface area contributed by atoms with Crippen LogP contribution in [0.1, 0.15) is 39.5 Å². The van der Waals surface area contributed by atoms with Gasteiger partial charge in [-0.3, -0.25) is 0 Å². The van der Waals surface area contributed by atoms with Gasteiger partial charge < -0.3 is 15.3 Å².